The normalized spacial score (nSPS) is 27.6. The second kappa shape index (κ2) is 9.13. The maximum atomic E-state index is 13.0. The van der Waals surface area contributed by atoms with E-state index in [0.717, 1.165) is 51.7 Å². The first-order chi connectivity index (χ1) is 15.9. The molecule has 33 heavy (non-hydrogen) atoms. The summed E-state index contributed by atoms with van der Waals surface area (Å²) in [5, 5.41) is 3.27. The number of amides is 1. The van der Waals surface area contributed by atoms with Crippen molar-refractivity contribution in [2.75, 3.05) is 19.6 Å². The molecule has 1 amide bonds. The van der Waals surface area contributed by atoms with E-state index in [1.165, 1.54) is 34.2 Å². The first kappa shape index (κ1) is 22.5. The molecule has 0 unspecified atom stereocenters. The Balaban J connectivity index is 1.32. The van der Waals surface area contributed by atoms with Gasteiger partial charge in [-0.15, -0.1) is 0 Å². The summed E-state index contributed by atoms with van der Waals surface area (Å²) in [5.41, 5.74) is 6.48. The number of ether oxygens (including phenoxy) is 1. The van der Waals surface area contributed by atoms with E-state index >= 15 is 0 Å². The quantitative estimate of drug-likeness (QED) is 0.600. The summed E-state index contributed by atoms with van der Waals surface area (Å²) in [6, 6.07) is 15.7. The predicted molar refractivity (Wildman–Crippen MR) is 133 cm³/mol. The minimum atomic E-state index is -0.254. The number of carbonyl (C=O) groups is 1. The maximum Gasteiger partial charge on any atom is 0.407 e. The van der Waals surface area contributed by atoms with Crippen molar-refractivity contribution in [1.82, 2.24) is 10.2 Å². The Labute approximate surface area is 198 Å². The molecule has 0 radical (unpaired) electrons. The largest absolute Gasteiger partial charge is 0.445 e. The van der Waals surface area contributed by atoms with Crippen molar-refractivity contribution in [3.8, 4) is 11.1 Å². The number of alkyl carbamates (subject to hydrolysis) is 1. The highest BCUT2D eigenvalue weighted by molar-refractivity contribution is 5.70. The summed E-state index contributed by atoms with van der Waals surface area (Å²) >= 11 is 0. The molecule has 4 heteroatoms. The third kappa shape index (κ3) is 4.68. The van der Waals surface area contributed by atoms with Gasteiger partial charge in [-0.1, -0.05) is 69.7 Å². The first-order valence-electron chi connectivity index (χ1n) is 12.8. The van der Waals surface area contributed by atoms with Crippen LogP contribution in [0.15, 0.2) is 42.5 Å². The second-order valence-corrected chi connectivity index (χ2v) is 11.0. The third-order valence-electron chi connectivity index (χ3n) is 8.22. The van der Waals surface area contributed by atoms with Crippen LogP contribution in [0.1, 0.15) is 69.2 Å². The Morgan fingerprint density at radius 1 is 1.09 bits per heavy atom. The first-order valence-corrected chi connectivity index (χ1v) is 12.8. The van der Waals surface area contributed by atoms with Gasteiger partial charge in [0.2, 0.25) is 0 Å². The van der Waals surface area contributed by atoms with Crippen molar-refractivity contribution >= 4 is 6.09 Å². The number of piperidine rings is 3. The lowest BCUT2D eigenvalue weighted by Gasteiger charge is -2.44. The number of nitrogens with zero attached hydrogens (tertiary/aromatic N) is 1. The third-order valence-corrected chi connectivity index (χ3v) is 8.22. The average Bonchev–Trinajstić information content (AvgIpc) is 2.82. The fourth-order valence-corrected chi connectivity index (χ4v) is 6.06. The van der Waals surface area contributed by atoms with Gasteiger partial charge in [-0.3, -0.25) is 4.90 Å². The number of fused-ring (bicyclic) bond motifs is 4. The lowest BCUT2D eigenvalue weighted by molar-refractivity contribution is -0.0353. The van der Waals surface area contributed by atoms with Crippen LogP contribution in [-0.2, 0) is 17.6 Å². The van der Waals surface area contributed by atoms with Crippen molar-refractivity contribution in [2.45, 2.75) is 71.4 Å². The van der Waals surface area contributed by atoms with E-state index < -0.39 is 0 Å². The van der Waals surface area contributed by atoms with Gasteiger partial charge in [0.25, 0.3) is 0 Å². The van der Waals surface area contributed by atoms with Gasteiger partial charge >= 0.3 is 6.09 Å². The van der Waals surface area contributed by atoms with E-state index in [0.29, 0.717) is 5.92 Å². The van der Waals surface area contributed by atoms with Gasteiger partial charge in [0, 0.05) is 6.54 Å². The zero-order chi connectivity index (χ0) is 23.0. The summed E-state index contributed by atoms with van der Waals surface area (Å²) in [6.45, 7) is 9.93. The van der Waals surface area contributed by atoms with Gasteiger partial charge < -0.3 is 10.1 Å². The molecule has 2 bridgehead atoms. The fourth-order valence-electron chi connectivity index (χ4n) is 6.06. The molecule has 0 spiro atoms. The number of rotatable bonds is 5. The smallest absolute Gasteiger partial charge is 0.407 e. The molecule has 2 aromatic rings. The molecule has 0 aromatic heterocycles. The Bertz CT molecular complexity index is 989. The lowest BCUT2D eigenvalue weighted by atomic mass is 9.70. The molecular formula is C29H38N2O2. The number of carbonyl (C=O) groups excluding carboxylic acids is 1. The molecule has 3 saturated heterocycles. The SMILES string of the molecule is CCCc1ccc(-c2ccc3c(c2)CCC(C)(C)[C@H]3NC(=O)O[C@H]2CN3CCC2CC3)cc1. The summed E-state index contributed by atoms with van der Waals surface area (Å²) in [6.07, 6.45) is 6.47. The summed E-state index contributed by atoms with van der Waals surface area (Å²) in [5.74, 6) is 0.527. The van der Waals surface area contributed by atoms with E-state index in [9.17, 15) is 4.79 Å². The van der Waals surface area contributed by atoms with Crippen molar-refractivity contribution in [1.29, 1.82) is 0 Å². The average molecular weight is 447 g/mol. The van der Waals surface area contributed by atoms with Crippen LogP contribution >= 0.6 is 0 Å². The summed E-state index contributed by atoms with van der Waals surface area (Å²) < 4.78 is 5.97. The summed E-state index contributed by atoms with van der Waals surface area (Å²) in [7, 11) is 0. The minimum absolute atomic E-state index is 0.00952. The Morgan fingerprint density at radius 2 is 1.82 bits per heavy atom. The van der Waals surface area contributed by atoms with Crippen molar-refractivity contribution in [2.24, 2.45) is 11.3 Å². The molecule has 3 aliphatic heterocycles. The van der Waals surface area contributed by atoms with Crippen LogP contribution < -0.4 is 5.32 Å². The number of benzene rings is 2. The molecule has 4 aliphatic rings. The minimum Gasteiger partial charge on any atom is -0.445 e. The van der Waals surface area contributed by atoms with E-state index in [2.05, 4.69) is 73.5 Å². The van der Waals surface area contributed by atoms with Crippen LogP contribution in [0.3, 0.4) is 0 Å². The fraction of sp³-hybridized carbons (Fsp3) is 0.552. The van der Waals surface area contributed by atoms with E-state index in [4.69, 9.17) is 4.74 Å². The topological polar surface area (TPSA) is 41.6 Å². The van der Waals surface area contributed by atoms with Crippen LogP contribution in [0.2, 0.25) is 0 Å². The molecule has 3 fully saturated rings. The Hall–Kier alpha value is -2.33. The molecule has 6 rings (SSSR count). The lowest BCUT2D eigenvalue weighted by Crippen LogP contribution is -2.53. The highest BCUT2D eigenvalue weighted by Crippen LogP contribution is 2.44. The number of nitrogens with one attached hydrogen (secondary N) is 1. The maximum absolute atomic E-state index is 13.0. The summed E-state index contributed by atoms with van der Waals surface area (Å²) in [4.78, 5) is 15.4. The number of hydrogen-bond donors (Lipinski definition) is 1. The van der Waals surface area contributed by atoms with Crippen LogP contribution in [0.5, 0.6) is 0 Å². The zero-order valence-electron chi connectivity index (χ0n) is 20.4. The van der Waals surface area contributed by atoms with Crippen LogP contribution in [-0.4, -0.2) is 36.7 Å². The van der Waals surface area contributed by atoms with Crippen LogP contribution in [0.25, 0.3) is 11.1 Å². The molecule has 0 saturated carbocycles. The van der Waals surface area contributed by atoms with Gasteiger partial charge in [0.15, 0.2) is 0 Å². The standard InChI is InChI=1S/C29H38N2O2/c1-4-5-20-6-8-21(9-7-20)23-10-11-25-24(18-23)12-15-29(2,3)27(25)30-28(32)33-26-19-31-16-13-22(26)14-17-31/h6-11,18,22,26-27H,4-5,12-17,19H2,1-3H3,(H,30,32)/t26-,27-/m0/s1. The van der Waals surface area contributed by atoms with Gasteiger partial charge in [0.1, 0.15) is 6.10 Å². The second-order valence-electron chi connectivity index (χ2n) is 11.0. The molecule has 4 nitrogen and oxygen atoms in total. The molecule has 1 aliphatic carbocycles. The molecule has 176 valence electrons. The van der Waals surface area contributed by atoms with Gasteiger partial charge in [-0.05, 0) is 84.3 Å². The number of aryl methyl sites for hydroxylation is 2. The van der Waals surface area contributed by atoms with Gasteiger partial charge in [0.05, 0.1) is 6.04 Å². The van der Waals surface area contributed by atoms with Crippen LogP contribution in [0, 0.1) is 11.3 Å². The highest BCUT2D eigenvalue weighted by Gasteiger charge is 2.40. The van der Waals surface area contributed by atoms with E-state index in [1.54, 1.807) is 0 Å². The van der Waals surface area contributed by atoms with E-state index in [1.807, 2.05) is 0 Å². The van der Waals surface area contributed by atoms with Gasteiger partial charge in [-0.25, -0.2) is 4.79 Å². The van der Waals surface area contributed by atoms with Gasteiger partial charge in [-0.2, -0.15) is 0 Å². The van der Waals surface area contributed by atoms with Crippen LogP contribution in [0.4, 0.5) is 4.79 Å². The van der Waals surface area contributed by atoms with Crippen molar-refractivity contribution < 1.29 is 9.53 Å². The van der Waals surface area contributed by atoms with Crippen molar-refractivity contribution in [3.05, 3.63) is 59.2 Å². The highest BCUT2D eigenvalue weighted by atomic mass is 16.6. The molecular weight excluding hydrogens is 408 g/mol. The number of hydrogen-bond acceptors (Lipinski definition) is 3. The Kier molecular flexibility index (Phi) is 6.22. The molecule has 1 N–H and O–H groups in total. The molecule has 2 aromatic carbocycles. The van der Waals surface area contributed by atoms with Crippen molar-refractivity contribution in [3.63, 3.8) is 0 Å². The van der Waals surface area contributed by atoms with E-state index in [-0.39, 0.29) is 23.7 Å². The zero-order valence-corrected chi connectivity index (χ0v) is 20.4. The monoisotopic (exact) mass is 446 g/mol. The molecule has 3 heterocycles. The predicted octanol–water partition coefficient (Wildman–Crippen LogP) is 6.14. The Morgan fingerprint density at radius 3 is 2.48 bits per heavy atom. The molecule has 2 atom stereocenters.